The van der Waals surface area contributed by atoms with E-state index in [0.29, 0.717) is 38.3 Å². The largest absolute Gasteiger partial charge is 0.352 e. The molecule has 1 aliphatic carbocycles. The van der Waals surface area contributed by atoms with E-state index in [4.69, 9.17) is 34.8 Å². The van der Waals surface area contributed by atoms with Crippen LogP contribution in [0.1, 0.15) is 50.2 Å². The average Bonchev–Trinajstić information content (AvgIpc) is 3.32. The van der Waals surface area contributed by atoms with Gasteiger partial charge in [-0.1, -0.05) is 60.6 Å². The standard InChI is InChI=1S/C26H32Cl3N3O4S/c1-4-23(26(34)30-19-8-5-6-9-19)31(15-20-21(28)10-7-11-22(20)29)25(33)16-32(37(3,35)36)24-13-12-18(27)14-17(24)2/h7,10-14,19,23H,4-6,8-9,15-16H2,1-3H3,(H,30,34)/t23-/m1/s1. The van der Waals surface area contributed by atoms with Crippen molar-refractivity contribution >= 4 is 62.3 Å². The first kappa shape index (κ1) is 29.6. The summed E-state index contributed by atoms with van der Waals surface area (Å²) >= 11 is 18.9. The fourth-order valence-corrected chi connectivity index (χ4v) is 6.28. The third-order valence-corrected chi connectivity index (χ3v) is 8.65. The molecule has 2 amide bonds. The molecule has 1 aliphatic rings. The highest BCUT2D eigenvalue weighted by Crippen LogP contribution is 2.29. The molecule has 1 atom stereocenters. The number of aryl methyl sites for hydroxylation is 1. The van der Waals surface area contributed by atoms with E-state index in [2.05, 4.69) is 5.32 Å². The fraction of sp³-hybridized carbons (Fsp3) is 0.462. The molecule has 11 heteroatoms. The Balaban J connectivity index is 1.99. The van der Waals surface area contributed by atoms with Crippen molar-refractivity contribution in [2.45, 2.75) is 64.6 Å². The smallest absolute Gasteiger partial charge is 0.244 e. The van der Waals surface area contributed by atoms with Crippen LogP contribution in [0.25, 0.3) is 0 Å². The first-order valence-corrected chi connectivity index (χ1v) is 15.2. The minimum Gasteiger partial charge on any atom is -0.352 e. The maximum absolute atomic E-state index is 13.8. The molecular weight excluding hydrogens is 557 g/mol. The Hall–Kier alpha value is -2.00. The number of anilines is 1. The summed E-state index contributed by atoms with van der Waals surface area (Å²) in [6, 6.07) is 8.99. The van der Waals surface area contributed by atoms with Gasteiger partial charge in [-0.2, -0.15) is 0 Å². The molecular formula is C26H32Cl3N3O4S. The number of halogens is 3. The second kappa shape index (κ2) is 12.7. The molecule has 1 saturated carbocycles. The van der Waals surface area contributed by atoms with E-state index in [1.807, 2.05) is 6.92 Å². The van der Waals surface area contributed by atoms with Gasteiger partial charge in [-0.3, -0.25) is 13.9 Å². The van der Waals surface area contributed by atoms with E-state index >= 15 is 0 Å². The van der Waals surface area contributed by atoms with Crippen molar-refractivity contribution in [2.75, 3.05) is 17.1 Å². The van der Waals surface area contributed by atoms with Crippen LogP contribution in [0.15, 0.2) is 36.4 Å². The lowest BCUT2D eigenvalue weighted by atomic mass is 10.1. The van der Waals surface area contributed by atoms with Gasteiger partial charge in [0.25, 0.3) is 0 Å². The van der Waals surface area contributed by atoms with Gasteiger partial charge < -0.3 is 10.2 Å². The Labute approximate surface area is 234 Å². The number of hydrogen-bond acceptors (Lipinski definition) is 4. The lowest BCUT2D eigenvalue weighted by molar-refractivity contribution is -0.140. The van der Waals surface area contributed by atoms with Crippen molar-refractivity contribution in [3.8, 4) is 0 Å². The monoisotopic (exact) mass is 587 g/mol. The summed E-state index contributed by atoms with van der Waals surface area (Å²) in [4.78, 5) is 28.6. The lowest BCUT2D eigenvalue weighted by Crippen LogP contribution is -2.53. The quantitative estimate of drug-likeness (QED) is 0.392. The summed E-state index contributed by atoms with van der Waals surface area (Å²) in [5.74, 6) is -0.830. The molecule has 37 heavy (non-hydrogen) atoms. The topological polar surface area (TPSA) is 86.8 Å². The number of carbonyl (C=O) groups is 2. The van der Waals surface area contributed by atoms with Gasteiger partial charge in [0.15, 0.2) is 0 Å². The molecule has 0 heterocycles. The van der Waals surface area contributed by atoms with Crippen molar-refractivity contribution in [2.24, 2.45) is 0 Å². The molecule has 0 spiro atoms. The SMILES string of the molecule is CC[C@H](C(=O)NC1CCCC1)N(Cc1c(Cl)cccc1Cl)C(=O)CN(c1ccc(Cl)cc1C)S(C)(=O)=O. The summed E-state index contributed by atoms with van der Waals surface area (Å²) in [6.45, 7) is 2.97. The number of hydrogen-bond donors (Lipinski definition) is 1. The molecule has 2 aromatic carbocycles. The van der Waals surface area contributed by atoms with Crippen LogP contribution in [0.2, 0.25) is 15.1 Å². The van der Waals surface area contributed by atoms with E-state index in [1.54, 1.807) is 43.3 Å². The Kier molecular flexibility index (Phi) is 10.1. The lowest BCUT2D eigenvalue weighted by Gasteiger charge is -2.34. The van der Waals surface area contributed by atoms with Crippen molar-refractivity contribution in [1.29, 1.82) is 0 Å². The van der Waals surface area contributed by atoms with Crippen LogP contribution in [-0.4, -0.2) is 50.0 Å². The normalized spacial score (nSPS) is 14.9. The molecule has 0 aromatic heterocycles. The Morgan fingerprint density at radius 2 is 1.70 bits per heavy atom. The summed E-state index contributed by atoms with van der Waals surface area (Å²) in [7, 11) is -3.85. The van der Waals surface area contributed by atoms with Gasteiger partial charge in [-0.05, 0) is 62.1 Å². The zero-order valence-corrected chi connectivity index (χ0v) is 24.2. The first-order chi connectivity index (χ1) is 17.4. The second-order valence-electron chi connectivity index (χ2n) is 9.34. The number of sulfonamides is 1. The maximum atomic E-state index is 13.8. The number of amides is 2. The third kappa shape index (κ3) is 7.53. The van der Waals surface area contributed by atoms with E-state index in [9.17, 15) is 18.0 Å². The number of nitrogens with one attached hydrogen (secondary N) is 1. The Bertz CT molecular complexity index is 1230. The zero-order valence-electron chi connectivity index (χ0n) is 21.1. The highest BCUT2D eigenvalue weighted by atomic mass is 35.5. The maximum Gasteiger partial charge on any atom is 0.244 e. The van der Waals surface area contributed by atoms with Gasteiger partial charge in [0.05, 0.1) is 11.9 Å². The van der Waals surface area contributed by atoms with Crippen LogP contribution in [0.4, 0.5) is 5.69 Å². The van der Waals surface area contributed by atoms with Gasteiger partial charge in [0.1, 0.15) is 12.6 Å². The molecule has 0 aliphatic heterocycles. The first-order valence-electron chi connectivity index (χ1n) is 12.2. The van der Waals surface area contributed by atoms with Crippen LogP contribution < -0.4 is 9.62 Å². The predicted octanol–water partition coefficient (Wildman–Crippen LogP) is 5.59. The molecule has 0 saturated heterocycles. The molecule has 0 unspecified atom stereocenters. The molecule has 3 rings (SSSR count). The minimum absolute atomic E-state index is 0.0505. The summed E-state index contributed by atoms with van der Waals surface area (Å²) in [5.41, 5.74) is 1.41. The van der Waals surface area contributed by atoms with Crippen molar-refractivity contribution in [1.82, 2.24) is 10.2 Å². The zero-order chi connectivity index (χ0) is 27.3. The van der Waals surface area contributed by atoms with E-state index in [0.717, 1.165) is 36.2 Å². The van der Waals surface area contributed by atoms with E-state index in [1.165, 1.54) is 4.90 Å². The molecule has 1 fully saturated rings. The fourth-order valence-electron chi connectivity index (χ4n) is 4.63. The van der Waals surface area contributed by atoms with Crippen LogP contribution >= 0.6 is 34.8 Å². The van der Waals surface area contributed by atoms with Crippen LogP contribution in [-0.2, 0) is 26.2 Å². The van der Waals surface area contributed by atoms with Crippen LogP contribution in [0.3, 0.4) is 0 Å². The second-order valence-corrected chi connectivity index (χ2v) is 12.5. The molecule has 7 nitrogen and oxygen atoms in total. The van der Waals surface area contributed by atoms with Crippen molar-refractivity contribution < 1.29 is 18.0 Å². The molecule has 0 radical (unpaired) electrons. The summed E-state index contributed by atoms with van der Waals surface area (Å²) in [6.07, 6.45) is 5.24. The predicted molar refractivity (Wildman–Crippen MR) is 150 cm³/mol. The van der Waals surface area contributed by atoms with Crippen molar-refractivity contribution in [3.05, 3.63) is 62.6 Å². The molecule has 202 valence electrons. The number of rotatable bonds is 10. The Morgan fingerprint density at radius 3 is 2.24 bits per heavy atom. The highest BCUT2D eigenvalue weighted by Gasteiger charge is 2.34. The number of benzene rings is 2. The average molecular weight is 589 g/mol. The van der Waals surface area contributed by atoms with Gasteiger partial charge >= 0.3 is 0 Å². The van der Waals surface area contributed by atoms with Crippen molar-refractivity contribution in [3.63, 3.8) is 0 Å². The van der Waals surface area contributed by atoms with Crippen LogP contribution in [0.5, 0.6) is 0 Å². The highest BCUT2D eigenvalue weighted by molar-refractivity contribution is 7.92. The molecule has 1 N–H and O–H groups in total. The van der Waals surface area contributed by atoms with E-state index in [-0.39, 0.29) is 18.5 Å². The number of carbonyl (C=O) groups excluding carboxylic acids is 2. The van der Waals surface area contributed by atoms with Gasteiger partial charge in [0.2, 0.25) is 21.8 Å². The Morgan fingerprint density at radius 1 is 1.08 bits per heavy atom. The number of nitrogens with zero attached hydrogens (tertiary/aromatic N) is 2. The summed E-state index contributed by atoms with van der Waals surface area (Å²) in [5, 5.41) is 4.22. The van der Waals surface area contributed by atoms with Gasteiger partial charge in [-0.25, -0.2) is 8.42 Å². The molecule has 2 aromatic rings. The van der Waals surface area contributed by atoms with Crippen LogP contribution in [0, 0.1) is 6.92 Å². The minimum atomic E-state index is -3.85. The van der Waals surface area contributed by atoms with Gasteiger partial charge in [-0.15, -0.1) is 0 Å². The molecule has 0 bridgehead atoms. The third-order valence-electron chi connectivity index (χ3n) is 6.58. The summed E-state index contributed by atoms with van der Waals surface area (Å²) < 4.78 is 26.6. The van der Waals surface area contributed by atoms with E-state index < -0.39 is 28.5 Å². The van der Waals surface area contributed by atoms with Gasteiger partial charge in [0, 0.05) is 33.2 Å².